The van der Waals surface area contributed by atoms with E-state index in [4.69, 9.17) is 23.2 Å². The first-order chi connectivity index (χ1) is 13.7. The average Bonchev–Trinajstić information content (AvgIpc) is 3.08. The molecule has 4 rings (SSSR count). The van der Waals surface area contributed by atoms with Gasteiger partial charge in [0.15, 0.2) is 5.54 Å². The first kappa shape index (κ1) is 19.5. The summed E-state index contributed by atoms with van der Waals surface area (Å²) in [7, 11) is 0. The second kappa shape index (κ2) is 6.89. The number of halogens is 3. The maximum absolute atomic E-state index is 14.1. The fraction of sp³-hybridized carbons (Fsp3) is 0.211. The van der Waals surface area contributed by atoms with Crippen molar-refractivity contribution in [3.63, 3.8) is 0 Å². The number of hydrogen-bond acceptors (Lipinski definition) is 3. The Hall–Kier alpha value is -2.84. The molecule has 7 nitrogen and oxygen atoms in total. The molecular weight excluding hydrogens is 424 g/mol. The van der Waals surface area contributed by atoms with E-state index in [9.17, 15) is 23.9 Å². The standard InChI is InChI=1S/C19H14Cl2FN3O4/c20-11-1-3-14(22)10(5-11)7-24-9-19(23-18(24)29)13-6-12(21)2-4-15(13)25(17(19)28)8-16(26)27/h1-6H,7-9H2,(H,23,29)(H,26,27). The lowest BCUT2D eigenvalue weighted by atomic mass is 9.92. The van der Waals surface area contributed by atoms with Crippen molar-refractivity contribution in [1.82, 2.24) is 10.2 Å². The summed E-state index contributed by atoms with van der Waals surface area (Å²) < 4.78 is 14.1. The van der Waals surface area contributed by atoms with Gasteiger partial charge in [-0.05, 0) is 36.4 Å². The van der Waals surface area contributed by atoms with Crippen molar-refractivity contribution in [3.05, 3.63) is 63.4 Å². The molecule has 2 aliphatic heterocycles. The highest BCUT2D eigenvalue weighted by Gasteiger charge is 2.57. The van der Waals surface area contributed by atoms with Crippen molar-refractivity contribution in [3.8, 4) is 0 Å². The highest BCUT2D eigenvalue weighted by molar-refractivity contribution is 6.31. The lowest BCUT2D eigenvalue weighted by molar-refractivity contribution is -0.137. The van der Waals surface area contributed by atoms with Crippen LogP contribution in [0.1, 0.15) is 11.1 Å². The number of carboxylic acid groups (broad SMARTS) is 1. The number of hydrogen-bond donors (Lipinski definition) is 2. The van der Waals surface area contributed by atoms with Gasteiger partial charge in [0.25, 0.3) is 5.91 Å². The lowest BCUT2D eigenvalue weighted by Crippen LogP contribution is -2.50. The van der Waals surface area contributed by atoms with Crippen molar-refractivity contribution in [2.75, 3.05) is 18.0 Å². The topological polar surface area (TPSA) is 90.0 Å². The zero-order valence-corrected chi connectivity index (χ0v) is 16.3. The van der Waals surface area contributed by atoms with Crippen LogP contribution in [0.4, 0.5) is 14.9 Å². The van der Waals surface area contributed by atoms with E-state index in [-0.39, 0.29) is 18.7 Å². The molecule has 150 valence electrons. The Morgan fingerprint density at radius 2 is 1.86 bits per heavy atom. The number of nitrogens with zero attached hydrogens (tertiary/aromatic N) is 2. The minimum Gasteiger partial charge on any atom is -0.480 e. The number of urea groups is 1. The van der Waals surface area contributed by atoms with E-state index < -0.39 is 35.8 Å². The van der Waals surface area contributed by atoms with Gasteiger partial charge in [-0.25, -0.2) is 9.18 Å². The van der Waals surface area contributed by atoms with Crippen LogP contribution in [0, 0.1) is 5.82 Å². The third-order valence-corrected chi connectivity index (χ3v) is 5.49. The van der Waals surface area contributed by atoms with Gasteiger partial charge in [0.1, 0.15) is 12.4 Å². The summed E-state index contributed by atoms with van der Waals surface area (Å²) in [5, 5.41) is 12.5. The Morgan fingerprint density at radius 3 is 2.59 bits per heavy atom. The lowest BCUT2D eigenvalue weighted by Gasteiger charge is -2.23. The molecule has 10 heteroatoms. The van der Waals surface area contributed by atoms with Crippen molar-refractivity contribution in [2.45, 2.75) is 12.1 Å². The number of nitrogens with one attached hydrogen (secondary N) is 1. The summed E-state index contributed by atoms with van der Waals surface area (Å²) in [6.07, 6.45) is 0. The Kier molecular flexibility index (Phi) is 4.63. The third-order valence-electron chi connectivity index (χ3n) is 5.02. The van der Waals surface area contributed by atoms with Gasteiger partial charge < -0.3 is 15.3 Å². The zero-order chi connectivity index (χ0) is 20.9. The molecule has 3 amide bonds. The smallest absolute Gasteiger partial charge is 0.323 e. The minimum atomic E-state index is -1.50. The van der Waals surface area contributed by atoms with E-state index in [1.807, 2.05) is 0 Å². The molecule has 0 aromatic heterocycles. The van der Waals surface area contributed by atoms with Crippen LogP contribution in [0.25, 0.3) is 0 Å². The number of anilines is 1. The Bertz CT molecular complexity index is 1060. The van der Waals surface area contributed by atoms with E-state index >= 15 is 0 Å². The van der Waals surface area contributed by atoms with Gasteiger partial charge in [-0.2, -0.15) is 0 Å². The summed E-state index contributed by atoms with van der Waals surface area (Å²) in [5.74, 6) is -2.31. The van der Waals surface area contributed by atoms with Gasteiger partial charge >= 0.3 is 12.0 Å². The number of amides is 3. The molecule has 1 atom stereocenters. The van der Waals surface area contributed by atoms with Crippen LogP contribution in [0.2, 0.25) is 10.0 Å². The number of carboxylic acids is 1. The van der Waals surface area contributed by atoms with Gasteiger partial charge in [0, 0.05) is 21.2 Å². The van der Waals surface area contributed by atoms with Gasteiger partial charge in [0.05, 0.1) is 18.8 Å². The molecule has 2 aromatic rings. The summed E-state index contributed by atoms with van der Waals surface area (Å²) in [4.78, 5) is 39.4. The van der Waals surface area contributed by atoms with Crippen molar-refractivity contribution in [1.29, 1.82) is 0 Å². The SMILES string of the molecule is O=C(O)CN1C(=O)C2(CN(Cc3cc(Cl)ccc3F)C(=O)N2)c2cc(Cl)ccc21. The van der Waals surface area contributed by atoms with Crippen LogP contribution >= 0.6 is 23.2 Å². The molecule has 1 fully saturated rings. The Labute approximate surface area is 174 Å². The maximum Gasteiger partial charge on any atom is 0.323 e. The monoisotopic (exact) mass is 437 g/mol. The van der Waals surface area contributed by atoms with Crippen molar-refractivity contribution in [2.24, 2.45) is 0 Å². The molecule has 2 aromatic carbocycles. The summed E-state index contributed by atoms with van der Waals surface area (Å²) in [6.45, 7) is -0.782. The van der Waals surface area contributed by atoms with Gasteiger partial charge in [-0.3, -0.25) is 14.5 Å². The molecule has 0 radical (unpaired) electrons. The fourth-order valence-corrected chi connectivity index (χ4v) is 4.13. The predicted molar refractivity (Wildman–Crippen MR) is 103 cm³/mol. The minimum absolute atomic E-state index is 0.109. The van der Waals surface area contributed by atoms with E-state index in [2.05, 4.69) is 5.32 Å². The van der Waals surface area contributed by atoms with E-state index in [1.54, 1.807) is 6.07 Å². The van der Waals surface area contributed by atoms with Gasteiger partial charge in [0.2, 0.25) is 0 Å². The molecule has 2 heterocycles. The van der Waals surface area contributed by atoms with Crippen LogP contribution < -0.4 is 10.2 Å². The van der Waals surface area contributed by atoms with Crippen molar-refractivity contribution >= 4 is 46.8 Å². The molecule has 29 heavy (non-hydrogen) atoms. The van der Waals surface area contributed by atoms with Crippen LogP contribution in [0.3, 0.4) is 0 Å². The van der Waals surface area contributed by atoms with Gasteiger partial charge in [-0.15, -0.1) is 0 Å². The van der Waals surface area contributed by atoms with Crippen LogP contribution in [-0.4, -0.2) is 41.0 Å². The summed E-state index contributed by atoms with van der Waals surface area (Å²) in [5.41, 5.74) is -0.539. The Morgan fingerprint density at radius 1 is 1.17 bits per heavy atom. The molecule has 0 bridgehead atoms. The number of fused-ring (bicyclic) bond motifs is 2. The van der Waals surface area contributed by atoms with Crippen molar-refractivity contribution < 1.29 is 23.9 Å². The van der Waals surface area contributed by atoms with E-state index in [1.165, 1.54) is 35.2 Å². The van der Waals surface area contributed by atoms with Crippen LogP contribution in [0.15, 0.2) is 36.4 Å². The highest BCUT2D eigenvalue weighted by Crippen LogP contribution is 2.44. The molecule has 2 N–H and O–H groups in total. The quantitative estimate of drug-likeness (QED) is 0.768. The van der Waals surface area contributed by atoms with Crippen LogP contribution in [0.5, 0.6) is 0 Å². The van der Waals surface area contributed by atoms with E-state index in [0.717, 1.165) is 4.90 Å². The molecule has 1 unspecified atom stereocenters. The number of rotatable bonds is 4. The molecule has 2 aliphatic rings. The molecule has 1 spiro atoms. The molecule has 0 aliphatic carbocycles. The van der Waals surface area contributed by atoms with Gasteiger partial charge in [-0.1, -0.05) is 23.2 Å². The highest BCUT2D eigenvalue weighted by atomic mass is 35.5. The van der Waals surface area contributed by atoms with E-state index in [0.29, 0.717) is 21.3 Å². The first-order valence-corrected chi connectivity index (χ1v) is 9.32. The maximum atomic E-state index is 14.1. The largest absolute Gasteiger partial charge is 0.480 e. The molecular formula is C19H14Cl2FN3O4. The third kappa shape index (κ3) is 3.18. The van der Waals surface area contributed by atoms with Crippen LogP contribution in [-0.2, 0) is 21.7 Å². The second-order valence-electron chi connectivity index (χ2n) is 6.87. The second-order valence-corrected chi connectivity index (χ2v) is 7.75. The Balaban J connectivity index is 1.72. The predicted octanol–water partition coefficient (Wildman–Crippen LogP) is 2.98. The molecule has 0 saturated carbocycles. The summed E-state index contributed by atoms with van der Waals surface area (Å²) >= 11 is 12.0. The number of benzene rings is 2. The normalized spacial score (nSPS) is 20.4. The number of carbonyl (C=O) groups is 3. The summed E-state index contributed by atoms with van der Waals surface area (Å²) in [6, 6.07) is 8.03. The fourth-order valence-electron chi connectivity index (χ4n) is 3.76. The number of carbonyl (C=O) groups excluding carboxylic acids is 2. The number of aliphatic carboxylic acids is 1. The molecule has 1 saturated heterocycles. The average molecular weight is 438 g/mol. The zero-order valence-electron chi connectivity index (χ0n) is 14.8. The first-order valence-electron chi connectivity index (χ1n) is 8.56.